The maximum absolute atomic E-state index is 14.5. The number of carbonyl (C=O) groups excluding carboxylic acids is 1. The smallest absolute Gasteiger partial charge is 0.352 e. The Morgan fingerprint density at radius 3 is 2.24 bits per heavy atom. The van der Waals surface area contributed by atoms with Crippen LogP contribution in [0.15, 0.2) is 36.9 Å². The molecule has 0 fully saturated rings. The highest BCUT2D eigenvalue weighted by atomic mass is 19.4. The molecule has 3 aromatic rings. The number of nitrogens with zero attached hydrogens (tertiary/aromatic N) is 6. The van der Waals surface area contributed by atoms with Crippen LogP contribution in [-0.2, 0) is 6.18 Å². The quantitative estimate of drug-likeness (QED) is 0.501. The van der Waals surface area contributed by atoms with Gasteiger partial charge in [0.1, 0.15) is 5.69 Å². The van der Waals surface area contributed by atoms with Crippen LogP contribution in [0.2, 0.25) is 0 Å². The highest BCUT2D eigenvalue weighted by Gasteiger charge is 2.31. The highest BCUT2D eigenvalue weighted by molar-refractivity contribution is 5.98. The van der Waals surface area contributed by atoms with Crippen LogP contribution in [0.5, 0.6) is 0 Å². The Bertz CT molecular complexity index is 1070. The van der Waals surface area contributed by atoms with Crippen LogP contribution in [0.1, 0.15) is 43.6 Å². The van der Waals surface area contributed by atoms with E-state index >= 15 is 0 Å². The summed E-state index contributed by atoms with van der Waals surface area (Å²) in [6.07, 6.45) is -0.747. The highest BCUT2D eigenvalue weighted by Crippen LogP contribution is 2.28. The molecule has 0 aliphatic heterocycles. The number of alkyl halides is 3. The molecule has 2 heterocycles. The number of aromatic nitrogens is 5. The summed E-state index contributed by atoms with van der Waals surface area (Å²) in [7, 11) is 0. The van der Waals surface area contributed by atoms with Crippen molar-refractivity contribution in [3.63, 3.8) is 0 Å². The molecule has 0 bridgehead atoms. The van der Waals surface area contributed by atoms with Gasteiger partial charge in [-0.05, 0) is 26.0 Å². The molecule has 184 valence electrons. The third-order valence-electron chi connectivity index (χ3n) is 4.59. The number of benzene rings is 1. The van der Waals surface area contributed by atoms with Crippen molar-refractivity contribution in [3.8, 4) is 5.69 Å². The van der Waals surface area contributed by atoms with Gasteiger partial charge < -0.3 is 10.2 Å². The Morgan fingerprint density at radius 2 is 1.71 bits per heavy atom. The minimum absolute atomic E-state index is 0.0531. The van der Waals surface area contributed by atoms with Gasteiger partial charge in [0.05, 0.1) is 23.5 Å². The minimum atomic E-state index is -4.55. The summed E-state index contributed by atoms with van der Waals surface area (Å²) in [6, 6.07) is 1.47. The lowest BCUT2D eigenvalue weighted by Crippen LogP contribution is -2.42. The maximum Gasteiger partial charge on any atom is 0.419 e. The van der Waals surface area contributed by atoms with Crippen molar-refractivity contribution >= 4 is 11.9 Å². The van der Waals surface area contributed by atoms with Gasteiger partial charge in [0.25, 0.3) is 5.91 Å². The lowest BCUT2D eigenvalue weighted by atomic mass is 10.1. The van der Waals surface area contributed by atoms with E-state index in [1.165, 1.54) is 17.3 Å². The van der Waals surface area contributed by atoms with Gasteiger partial charge in [-0.25, -0.2) is 18.7 Å². The molecule has 0 radical (unpaired) electrons. The second-order valence-corrected chi connectivity index (χ2v) is 6.69. The molecule has 0 spiro atoms. The van der Waals surface area contributed by atoms with Crippen molar-refractivity contribution in [1.82, 2.24) is 29.9 Å². The fraction of sp³-hybridized carbons (Fsp3) is 0.381. The van der Waals surface area contributed by atoms with Gasteiger partial charge in [0.15, 0.2) is 11.6 Å². The van der Waals surface area contributed by atoms with E-state index in [-0.39, 0.29) is 24.6 Å². The Labute approximate surface area is 192 Å². The second kappa shape index (κ2) is 11.5. The Balaban J connectivity index is 0.00000199. The summed E-state index contributed by atoms with van der Waals surface area (Å²) in [5.41, 5.74) is -1.57. The average molecular weight is 485 g/mol. The van der Waals surface area contributed by atoms with Crippen LogP contribution < -0.4 is 5.32 Å². The van der Waals surface area contributed by atoms with Crippen LogP contribution in [0.3, 0.4) is 0 Å². The first kappa shape index (κ1) is 26.6. The zero-order chi connectivity index (χ0) is 25.5. The maximum atomic E-state index is 14.5. The molecule has 1 N–H and O–H groups in total. The van der Waals surface area contributed by atoms with Gasteiger partial charge >= 0.3 is 6.18 Å². The molecular formula is C21H24F5N7O. The van der Waals surface area contributed by atoms with Crippen LogP contribution in [0.4, 0.5) is 27.9 Å². The van der Waals surface area contributed by atoms with Crippen molar-refractivity contribution in [2.75, 3.05) is 18.4 Å². The first-order valence-corrected chi connectivity index (χ1v) is 10.4. The molecule has 0 aliphatic rings. The van der Waals surface area contributed by atoms with Gasteiger partial charge in [0.2, 0.25) is 5.95 Å². The predicted octanol–water partition coefficient (Wildman–Crippen LogP) is 4.34. The molecule has 8 nitrogen and oxygen atoms in total. The van der Waals surface area contributed by atoms with Gasteiger partial charge in [-0.15, -0.1) is 4.80 Å². The minimum Gasteiger partial charge on any atom is -0.352 e. The predicted molar refractivity (Wildman–Crippen MR) is 114 cm³/mol. The molecule has 1 atom stereocenters. The molecule has 0 aliphatic carbocycles. The fourth-order valence-corrected chi connectivity index (χ4v) is 2.96. The van der Waals surface area contributed by atoms with Gasteiger partial charge in [-0.3, -0.25) is 4.79 Å². The van der Waals surface area contributed by atoms with Crippen LogP contribution in [0.25, 0.3) is 5.69 Å². The van der Waals surface area contributed by atoms with E-state index in [1.54, 1.807) is 13.8 Å². The van der Waals surface area contributed by atoms with E-state index in [0.717, 1.165) is 16.9 Å². The van der Waals surface area contributed by atoms with Crippen molar-refractivity contribution < 1.29 is 26.7 Å². The molecule has 1 aromatic carbocycles. The number of hydrogen-bond acceptors (Lipinski definition) is 6. The van der Waals surface area contributed by atoms with E-state index in [4.69, 9.17) is 0 Å². The molecule has 0 saturated heterocycles. The van der Waals surface area contributed by atoms with Crippen molar-refractivity contribution in [2.24, 2.45) is 0 Å². The molecule has 2 aromatic heterocycles. The number of carbonyl (C=O) groups is 1. The Hall–Kier alpha value is -3.64. The van der Waals surface area contributed by atoms with Gasteiger partial charge in [-0.2, -0.15) is 23.4 Å². The molecule has 3 rings (SSSR count). The van der Waals surface area contributed by atoms with Gasteiger partial charge in [0, 0.05) is 31.5 Å². The molecule has 13 heteroatoms. The van der Waals surface area contributed by atoms with Crippen molar-refractivity contribution in [1.29, 1.82) is 0 Å². The van der Waals surface area contributed by atoms with Crippen LogP contribution in [-0.4, -0.2) is 54.9 Å². The second-order valence-electron chi connectivity index (χ2n) is 6.69. The molecular weight excluding hydrogens is 461 g/mol. The topological polar surface area (TPSA) is 88.8 Å². The molecule has 1 amide bonds. The molecule has 34 heavy (non-hydrogen) atoms. The summed E-state index contributed by atoms with van der Waals surface area (Å²) in [5, 5.41) is 10.3. The number of likely N-dealkylation sites (N-methyl/N-ethyl adjacent to an activating group) is 1. The van der Waals surface area contributed by atoms with E-state index in [9.17, 15) is 26.7 Å². The Morgan fingerprint density at radius 1 is 1.12 bits per heavy atom. The summed E-state index contributed by atoms with van der Waals surface area (Å²) in [4.78, 5) is 22.6. The largest absolute Gasteiger partial charge is 0.419 e. The third kappa shape index (κ3) is 6.02. The van der Waals surface area contributed by atoms with Crippen molar-refractivity contribution in [3.05, 3.63) is 59.7 Å². The van der Waals surface area contributed by atoms with Crippen LogP contribution >= 0.6 is 0 Å². The number of hydrogen-bond donors (Lipinski definition) is 1. The van der Waals surface area contributed by atoms with Crippen molar-refractivity contribution in [2.45, 2.75) is 39.9 Å². The summed E-state index contributed by atoms with van der Waals surface area (Å²) in [5.74, 6) is -3.10. The third-order valence-corrected chi connectivity index (χ3v) is 4.59. The summed E-state index contributed by atoms with van der Waals surface area (Å²) in [6.45, 7) is 7.66. The zero-order valence-electron chi connectivity index (χ0n) is 18.9. The SMILES string of the molecule is CC.CCN(C(=O)c1ccc(F)c(F)c1-n1nccn1)[C@@H](C)CNc1ncc(C(F)(F)F)cn1. The van der Waals surface area contributed by atoms with Crippen LogP contribution in [0, 0.1) is 11.6 Å². The lowest BCUT2D eigenvalue weighted by Gasteiger charge is -2.29. The number of halogens is 5. The zero-order valence-corrected chi connectivity index (χ0v) is 18.9. The van der Waals surface area contributed by atoms with E-state index in [2.05, 4.69) is 25.5 Å². The number of nitrogens with one attached hydrogen (secondary N) is 1. The fourth-order valence-electron chi connectivity index (χ4n) is 2.96. The first-order valence-electron chi connectivity index (χ1n) is 10.4. The van der Waals surface area contributed by atoms with E-state index in [0.29, 0.717) is 12.4 Å². The number of rotatable bonds is 7. The number of anilines is 1. The summed E-state index contributed by atoms with van der Waals surface area (Å²) < 4.78 is 66.1. The van der Waals surface area contributed by atoms with E-state index < -0.39 is 41.0 Å². The Kier molecular flexibility index (Phi) is 8.98. The normalized spacial score (nSPS) is 11.9. The van der Waals surface area contributed by atoms with E-state index in [1.807, 2.05) is 13.8 Å². The number of amides is 1. The lowest BCUT2D eigenvalue weighted by molar-refractivity contribution is -0.138. The molecule has 0 unspecified atom stereocenters. The standard InChI is InChI=1S/C19H18F5N7O.C2H6/c1-3-30(11(2)8-25-18-26-9-12(10-27-18)19(22,23)24)17(32)13-4-5-14(20)15(21)16(13)31-28-6-7-29-31;1-2/h4-7,9-11H,3,8H2,1-2H3,(H,25,26,27);1-2H3/t11-;/m0./s1. The molecule has 0 saturated carbocycles. The monoisotopic (exact) mass is 485 g/mol. The first-order chi connectivity index (χ1) is 16.1. The van der Waals surface area contributed by atoms with Gasteiger partial charge in [-0.1, -0.05) is 13.8 Å². The summed E-state index contributed by atoms with van der Waals surface area (Å²) >= 11 is 0. The average Bonchev–Trinajstić information content (AvgIpc) is 3.35.